The number of carboxylic acids is 1. The Kier molecular flexibility index (Phi) is 3.11. The summed E-state index contributed by atoms with van der Waals surface area (Å²) in [4.78, 5) is 18.3. The van der Waals surface area contributed by atoms with Crippen molar-refractivity contribution >= 4 is 17.3 Å². The Hall–Kier alpha value is -2.11. The van der Waals surface area contributed by atoms with Crippen LogP contribution in [0.4, 0.5) is 5.82 Å². The predicted molar refractivity (Wildman–Crippen MR) is 79.5 cm³/mol. The summed E-state index contributed by atoms with van der Waals surface area (Å²) >= 11 is 0. The van der Waals surface area contributed by atoms with E-state index < -0.39 is 11.4 Å². The maximum absolute atomic E-state index is 11.7. The lowest BCUT2D eigenvalue weighted by molar-refractivity contribution is -0.150. The summed E-state index contributed by atoms with van der Waals surface area (Å²) in [6.07, 6.45) is 4.18. The van der Waals surface area contributed by atoms with E-state index >= 15 is 0 Å². The number of hydrogen-bond donors (Lipinski definition) is 1. The molecule has 1 aliphatic rings. The van der Waals surface area contributed by atoms with E-state index in [1.165, 1.54) is 0 Å². The molecule has 0 radical (unpaired) electrons. The van der Waals surface area contributed by atoms with Gasteiger partial charge in [-0.2, -0.15) is 5.10 Å². The molecule has 0 aromatic carbocycles. The Morgan fingerprint density at radius 3 is 2.86 bits per heavy atom. The standard InChI is InChI=1S/C15H20N4O2/c1-10(2)15(14(20)21)4-6-18(9-15)13-12-8-11(3)17-19(12)7-5-16-13/h5,7-8,10H,4,6,9H2,1-3H3,(H,20,21). The lowest BCUT2D eigenvalue weighted by Crippen LogP contribution is -2.39. The van der Waals surface area contributed by atoms with Crippen molar-refractivity contribution < 1.29 is 9.90 Å². The Labute approximate surface area is 123 Å². The maximum Gasteiger partial charge on any atom is 0.311 e. The first-order valence-corrected chi connectivity index (χ1v) is 7.23. The Morgan fingerprint density at radius 1 is 1.48 bits per heavy atom. The topological polar surface area (TPSA) is 70.7 Å². The van der Waals surface area contributed by atoms with Gasteiger partial charge in [-0.3, -0.25) is 4.79 Å². The Morgan fingerprint density at radius 2 is 2.24 bits per heavy atom. The first-order valence-electron chi connectivity index (χ1n) is 7.23. The molecule has 3 rings (SSSR count). The fourth-order valence-corrected chi connectivity index (χ4v) is 3.18. The van der Waals surface area contributed by atoms with Crippen molar-refractivity contribution in [2.24, 2.45) is 11.3 Å². The number of aryl methyl sites for hydroxylation is 1. The third-order valence-corrected chi connectivity index (χ3v) is 4.62. The van der Waals surface area contributed by atoms with Crippen LogP contribution in [0.25, 0.3) is 5.52 Å². The largest absolute Gasteiger partial charge is 0.481 e. The van der Waals surface area contributed by atoms with Gasteiger partial charge in [-0.1, -0.05) is 13.8 Å². The van der Waals surface area contributed by atoms with Crippen LogP contribution in [0.1, 0.15) is 26.0 Å². The molecule has 0 saturated carbocycles. The summed E-state index contributed by atoms with van der Waals surface area (Å²) in [6.45, 7) is 7.11. The van der Waals surface area contributed by atoms with Crippen LogP contribution in [0, 0.1) is 18.3 Å². The molecule has 0 bridgehead atoms. The summed E-state index contributed by atoms with van der Waals surface area (Å²) in [7, 11) is 0. The highest BCUT2D eigenvalue weighted by Crippen LogP contribution is 2.40. The van der Waals surface area contributed by atoms with Crippen LogP contribution >= 0.6 is 0 Å². The molecule has 6 heteroatoms. The average Bonchev–Trinajstić information content (AvgIpc) is 3.00. The summed E-state index contributed by atoms with van der Waals surface area (Å²) in [5.74, 6) is 0.199. The van der Waals surface area contributed by atoms with E-state index in [-0.39, 0.29) is 5.92 Å². The van der Waals surface area contributed by atoms with Gasteiger partial charge in [0, 0.05) is 25.5 Å². The molecule has 1 aliphatic heterocycles. The van der Waals surface area contributed by atoms with Gasteiger partial charge in [0.05, 0.1) is 11.1 Å². The molecular formula is C15H20N4O2. The molecule has 112 valence electrons. The van der Waals surface area contributed by atoms with Crippen molar-refractivity contribution in [2.45, 2.75) is 27.2 Å². The summed E-state index contributed by atoms with van der Waals surface area (Å²) in [5, 5.41) is 14.0. The number of carboxylic acid groups (broad SMARTS) is 1. The van der Waals surface area contributed by atoms with Gasteiger partial charge in [0.2, 0.25) is 0 Å². The van der Waals surface area contributed by atoms with Crippen LogP contribution in [0.2, 0.25) is 0 Å². The quantitative estimate of drug-likeness (QED) is 0.935. The number of carbonyl (C=O) groups is 1. The van der Waals surface area contributed by atoms with Crippen molar-refractivity contribution in [3.05, 3.63) is 24.2 Å². The number of fused-ring (bicyclic) bond motifs is 1. The van der Waals surface area contributed by atoms with Gasteiger partial charge in [0.1, 0.15) is 5.52 Å². The molecule has 21 heavy (non-hydrogen) atoms. The van der Waals surface area contributed by atoms with E-state index in [1.807, 2.05) is 33.0 Å². The van der Waals surface area contributed by atoms with Crippen molar-refractivity contribution in [3.63, 3.8) is 0 Å². The SMILES string of the molecule is Cc1cc2c(N3CCC(C(=O)O)(C(C)C)C3)nccn2n1. The highest BCUT2D eigenvalue weighted by molar-refractivity contribution is 5.78. The minimum absolute atomic E-state index is 0.0892. The van der Waals surface area contributed by atoms with Gasteiger partial charge in [0.15, 0.2) is 5.82 Å². The molecule has 2 aromatic heterocycles. The fourth-order valence-electron chi connectivity index (χ4n) is 3.18. The highest BCUT2D eigenvalue weighted by atomic mass is 16.4. The second-order valence-corrected chi connectivity index (χ2v) is 6.15. The van der Waals surface area contributed by atoms with Gasteiger partial charge >= 0.3 is 5.97 Å². The zero-order valence-electron chi connectivity index (χ0n) is 12.6. The molecule has 0 aliphatic carbocycles. The summed E-state index contributed by atoms with van der Waals surface area (Å²) < 4.78 is 1.80. The zero-order chi connectivity index (χ0) is 15.2. The maximum atomic E-state index is 11.7. The molecule has 1 atom stereocenters. The highest BCUT2D eigenvalue weighted by Gasteiger charge is 2.47. The van der Waals surface area contributed by atoms with E-state index in [1.54, 1.807) is 10.7 Å². The van der Waals surface area contributed by atoms with Crippen molar-refractivity contribution in [2.75, 3.05) is 18.0 Å². The number of hydrogen-bond acceptors (Lipinski definition) is 4. The van der Waals surface area contributed by atoms with E-state index in [2.05, 4.69) is 15.0 Å². The van der Waals surface area contributed by atoms with Crippen molar-refractivity contribution in [3.8, 4) is 0 Å². The van der Waals surface area contributed by atoms with Crippen LogP contribution in [-0.4, -0.2) is 38.8 Å². The molecule has 0 amide bonds. The first-order chi connectivity index (χ1) is 9.94. The number of aliphatic carboxylic acids is 1. The smallest absolute Gasteiger partial charge is 0.311 e. The fraction of sp³-hybridized carbons (Fsp3) is 0.533. The summed E-state index contributed by atoms with van der Waals surface area (Å²) in [6, 6.07) is 1.98. The predicted octanol–water partition coefficient (Wildman–Crippen LogP) is 1.97. The molecule has 0 spiro atoms. The second kappa shape index (κ2) is 4.72. The molecule has 1 N–H and O–H groups in total. The third kappa shape index (κ3) is 2.05. The molecule has 6 nitrogen and oxygen atoms in total. The number of nitrogens with zero attached hydrogens (tertiary/aromatic N) is 4. The van der Waals surface area contributed by atoms with Crippen LogP contribution in [-0.2, 0) is 4.79 Å². The number of anilines is 1. The van der Waals surface area contributed by atoms with Crippen molar-refractivity contribution in [1.82, 2.24) is 14.6 Å². The van der Waals surface area contributed by atoms with Crippen LogP contribution in [0.15, 0.2) is 18.5 Å². The number of rotatable bonds is 3. The van der Waals surface area contributed by atoms with E-state index in [9.17, 15) is 9.90 Å². The summed E-state index contributed by atoms with van der Waals surface area (Å²) in [5.41, 5.74) is 1.17. The molecular weight excluding hydrogens is 268 g/mol. The van der Waals surface area contributed by atoms with Gasteiger partial charge in [-0.25, -0.2) is 9.50 Å². The molecule has 3 heterocycles. The third-order valence-electron chi connectivity index (χ3n) is 4.62. The van der Waals surface area contributed by atoms with Gasteiger partial charge in [-0.05, 0) is 25.3 Å². The van der Waals surface area contributed by atoms with Crippen LogP contribution in [0.5, 0.6) is 0 Å². The monoisotopic (exact) mass is 288 g/mol. The van der Waals surface area contributed by atoms with E-state index in [0.717, 1.165) is 17.0 Å². The lowest BCUT2D eigenvalue weighted by atomic mass is 9.76. The minimum atomic E-state index is -0.711. The minimum Gasteiger partial charge on any atom is -0.481 e. The molecule has 1 saturated heterocycles. The van der Waals surface area contributed by atoms with Crippen LogP contribution in [0.3, 0.4) is 0 Å². The van der Waals surface area contributed by atoms with Crippen molar-refractivity contribution in [1.29, 1.82) is 0 Å². The molecule has 1 unspecified atom stereocenters. The Bertz CT molecular complexity index is 694. The van der Waals surface area contributed by atoms with Crippen LogP contribution < -0.4 is 4.90 Å². The lowest BCUT2D eigenvalue weighted by Gasteiger charge is -2.29. The normalized spacial score (nSPS) is 22.4. The van der Waals surface area contributed by atoms with E-state index in [0.29, 0.717) is 19.5 Å². The number of aromatic nitrogens is 3. The van der Waals surface area contributed by atoms with Gasteiger partial charge in [-0.15, -0.1) is 0 Å². The Balaban J connectivity index is 2.00. The zero-order valence-corrected chi connectivity index (χ0v) is 12.6. The molecule has 1 fully saturated rings. The first kappa shape index (κ1) is 13.9. The average molecular weight is 288 g/mol. The van der Waals surface area contributed by atoms with Gasteiger partial charge < -0.3 is 10.0 Å². The van der Waals surface area contributed by atoms with Gasteiger partial charge in [0.25, 0.3) is 0 Å². The second-order valence-electron chi connectivity index (χ2n) is 6.15. The molecule has 2 aromatic rings. The van der Waals surface area contributed by atoms with E-state index in [4.69, 9.17) is 0 Å².